The van der Waals surface area contributed by atoms with E-state index in [1.807, 2.05) is 62.4 Å². The highest BCUT2D eigenvalue weighted by atomic mass is 16.1. The molecule has 0 radical (unpaired) electrons. The highest BCUT2D eigenvalue weighted by Gasteiger charge is 2.15. The molecule has 0 amide bonds. The summed E-state index contributed by atoms with van der Waals surface area (Å²) in [4.78, 5) is 12.8. The molecule has 1 nitrogen and oxygen atoms in total. The van der Waals surface area contributed by atoms with Crippen molar-refractivity contribution in [3.8, 4) is 0 Å². The lowest BCUT2D eigenvalue weighted by molar-refractivity contribution is 0.105. The highest BCUT2D eigenvalue weighted by molar-refractivity contribution is 6.29. The molecule has 0 aliphatic carbocycles. The summed E-state index contributed by atoms with van der Waals surface area (Å²) in [5.74, 6) is 0.107. The van der Waals surface area contributed by atoms with Gasteiger partial charge in [-0.15, -0.1) is 0 Å². The van der Waals surface area contributed by atoms with Crippen molar-refractivity contribution >= 4 is 11.4 Å². The number of carbonyl (C=O) groups excluding carboxylic acids is 1. The maximum Gasteiger partial charge on any atom is 0.193 e. The van der Waals surface area contributed by atoms with E-state index in [2.05, 4.69) is 13.0 Å². The molecule has 0 saturated heterocycles. The average molecular weight is 264 g/mol. The van der Waals surface area contributed by atoms with E-state index in [1.54, 1.807) is 0 Å². The topological polar surface area (TPSA) is 17.1 Å². The van der Waals surface area contributed by atoms with Crippen LogP contribution in [0.2, 0.25) is 0 Å². The van der Waals surface area contributed by atoms with Crippen LogP contribution in [-0.4, -0.2) is 5.78 Å². The van der Waals surface area contributed by atoms with Gasteiger partial charge in [-0.2, -0.15) is 0 Å². The normalized spacial score (nSPS) is 11.4. The first kappa shape index (κ1) is 14.3. The molecule has 0 N–H and O–H groups in total. The van der Waals surface area contributed by atoms with Crippen LogP contribution in [0.3, 0.4) is 0 Å². The number of Topliss-reactive ketones (excluding diaryl/α,β-unsaturated/α-hetero) is 1. The summed E-state index contributed by atoms with van der Waals surface area (Å²) in [6, 6.07) is 15.9. The van der Waals surface area contributed by atoms with Crippen LogP contribution >= 0.6 is 0 Å². The van der Waals surface area contributed by atoms with Crippen LogP contribution in [-0.2, 0) is 0 Å². The monoisotopic (exact) mass is 264 g/mol. The van der Waals surface area contributed by atoms with Gasteiger partial charge >= 0.3 is 0 Å². The Kier molecular flexibility index (Phi) is 4.52. The molecule has 0 heterocycles. The minimum atomic E-state index is 0.107. The molecule has 0 bridgehead atoms. The predicted molar refractivity (Wildman–Crippen MR) is 85.0 cm³/mol. The van der Waals surface area contributed by atoms with E-state index in [-0.39, 0.29) is 5.78 Å². The molecule has 0 aliphatic rings. The molecule has 102 valence electrons. The number of allylic oxidation sites excluding steroid dienone is 2. The van der Waals surface area contributed by atoms with E-state index in [0.29, 0.717) is 0 Å². The fourth-order valence-corrected chi connectivity index (χ4v) is 2.38. The molecule has 0 spiro atoms. The summed E-state index contributed by atoms with van der Waals surface area (Å²) in [7, 11) is 0. The molecular formula is C19H20O. The Morgan fingerprint density at radius 1 is 1.05 bits per heavy atom. The summed E-state index contributed by atoms with van der Waals surface area (Å²) in [5, 5.41) is 0. The zero-order valence-corrected chi connectivity index (χ0v) is 12.3. The van der Waals surface area contributed by atoms with E-state index in [0.717, 1.165) is 28.7 Å². The molecule has 0 aliphatic heterocycles. The van der Waals surface area contributed by atoms with Gasteiger partial charge in [-0.1, -0.05) is 67.1 Å². The van der Waals surface area contributed by atoms with Gasteiger partial charge in [0.05, 0.1) is 0 Å². The van der Waals surface area contributed by atoms with Crippen LogP contribution in [0.15, 0.2) is 54.6 Å². The van der Waals surface area contributed by atoms with Gasteiger partial charge in [-0.05, 0) is 31.4 Å². The first-order valence-electron chi connectivity index (χ1n) is 7.01. The second kappa shape index (κ2) is 6.33. The average Bonchev–Trinajstić information content (AvgIpc) is 2.45. The Morgan fingerprint density at radius 3 is 2.35 bits per heavy atom. The lowest BCUT2D eigenvalue weighted by Crippen LogP contribution is -2.05. The van der Waals surface area contributed by atoms with Gasteiger partial charge in [0.25, 0.3) is 0 Å². The summed E-state index contributed by atoms with van der Waals surface area (Å²) in [5.41, 5.74) is 4.78. The number of carbonyl (C=O) groups is 1. The smallest absolute Gasteiger partial charge is 0.193 e. The van der Waals surface area contributed by atoms with E-state index in [9.17, 15) is 4.79 Å². The molecule has 2 aromatic rings. The van der Waals surface area contributed by atoms with Crippen molar-refractivity contribution in [1.82, 2.24) is 0 Å². The van der Waals surface area contributed by atoms with Crippen molar-refractivity contribution in [1.29, 1.82) is 0 Å². The molecular weight excluding hydrogens is 244 g/mol. The molecule has 0 unspecified atom stereocenters. The van der Waals surface area contributed by atoms with Crippen LogP contribution < -0.4 is 0 Å². The standard InChI is InChI=1S/C19H20O/c1-4-8-18(16-9-6-5-7-10-16)19(20)17-12-11-14(2)13-15(17)3/h5-13H,4H2,1-3H3/b18-8-. The summed E-state index contributed by atoms with van der Waals surface area (Å²) >= 11 is 0. The number of hydrogen-bond donors (Lipinski definition) is 0. The third-order valence-corrected chi connectivity index (χ3v) is 3.36. The van der Waals surface area contributed by atoms with Crippen molar-refractivity contribution in [3.63, 3.8) is 0 Å². The highest BCUT2D eigenvalue weighted by Crippen LogP contribution is 2.23. The minimum absolute atomic E-state index is 0.107. The molecule has 2 aromatic carbocycles. The third-order valence-electron chi connectivity index (χ3n) is 3.36. The predicted octanol–water partition coefficient (Wildman–Crippen LogP) is 4.98. The van der Waals surface area contributed by atoms with E-state index in [4.69, 9.17) is 0 Å². The molecule has 0 atom stereocenters. The van der Waals surface area contributed by atoms with Crippen molar-refractivity contribution in [3.05, 3.63) is 76.9 Å². The molecule has 2 rings (SSSR count). The van der Waals surface area contributed by atoms with Crippen molar-refractivity contribution in [2.75, 3.05) is 0 Å². The maximum absolute atomic E-state index is 12.8. The Balaban J connectivity index is 2.45. The van der Waals surface area contributed by atoms with E-state index >= 15 is 0 Å². The molecule has 0 saturated carbocycles. The minimum Gasteiger partial charge on any atom is -0.289 e. The van der Waals surface area contributed by atoms with Crippen LogP contribution in [0.4, 0.5) is 0 Å². The Morgan fingerprint density at radius 2 is 1.75 bits per heavy atom. The summed E-state index contributed by atoms with van der Waals surface area (Å²) in [6.07, 6.45) is 2.86. The number of benzene rings is 2. The molecule has 0 fully saturated rings. The van der Waals surface area contributed by atoms with E-state index in [1.165, 1.54) is 5.56 Å². The van der Waals surface area contributed by atoms with Crippen LogP contribution in [0.5, 0.6) is 0 Å². The Bertz CT molecular complexity index is 636. The van der Waals surface area contributed by atoms with Gasteiger partial charge in [0.1, 0.15) is 0 Å². The second-order valence-corrected chi connectivity index (χ2v) is 5.04. The lowest BCUT2D eigenvalue weighted by atomic mass is 9.93. The van der Waals surface area contributed by atoms with Gasteiger partial charge in [0.2, 0.25) is 0 Å². The number of hydrogen-bond acceptors (Lipinski definition) is 1. The maximum atomic E-state index is 12.8. The zero-order valence-electron chi connectivity index (χ0n) is 12.3. The zero-order chi connectivity index (χ0) is 14.5. The Hall–Kier alpha value is -2.15. The summed E-state index contributed by atoms with van der Waals surface area (Å²) < 4.78 is 0. The van der Waals surface area contributed by atoms with Gasteiger partial charge in [-0.3, -0.25) is 4.79 Å². The second-order valence-electron chi connectivity index (χ2n) is 5.04. The molecule has 0 aromatic heterocycles. The van der Waals surface area contributed by atoms with Crippen molar-refractivity contribution in [2.24, 2.45) is 0 Å². The van der Waals surface area contributed by atoms with Gasteiger partial charge in [-0.25, -0.2) is 0 Å². The number of ketones is 1. The van der Waals surface area contributed by atoms with Crippen LogP contribution in [0, 0.1) is 13.8 Å². The van der Waals surface area contributed by atoms with E-state index < -0.39 is 0 Å². The third kappa shape index (κ3) is 3.05. The molecule has 1 heteroatoms. The van der Waals surface area contributed by atoms with Gasteiger partial charge in [0, 0.05) is 11.1 Å². The van der Waals surface area contributed by atoms with Crippen LogP contribution in [0.25, 0.3) is 5.57 Å². The SMILES string of the molecule is CC/C=C(\C(=O)c1ccc(C)cc1C)c1ccccc1. The first-order chi connectivity index (χ1) is 9.63. The number of rotatable bonds is 4. The molecule has 20 heavy (non-hydrogen) atoms. The van der Waals surface area contributed by atoms with Crippen molar-refractivity contribution in [2.45, 2.75) is 27.2 Å². The first-order valence-corrected chi connectivity index (χ1v) is 7.01. The summed E-state index contributed by atoms with van der Waals surface area (Å²) in [6.45, 7) is 6.09. The van der Waals surface area contributed by atoms with Gasteiger partial charge in [0.15, 0.2) is 5.78 Å². The van der Waals surface area contributed by atoms with Crippen LogP contribution in [0.1, 0.15) is 40.4 Å². The van der Waals surface area contributed by atoms with Gasteiger partial charge < -0.3 is 0 Å². The fraction of sp³-hybridized carbons (Fsp3) is 0.211. The largest absolute Gasteiger partial charge is 0.289 e. The fourth-order valence-electron chi connectivity index (χ4n) is 2.38. The lowest BCUT2D eigenvalue weighted by Gasteiger charge is -2.10. The number of aryl methyl sites for hydroxylation is 2. The quantitative estimate of drug-likeness (QED) is 0.562. The van der Waals surface area contributed by atoms with Crippen molar-refractivity contribution < 1.29 is 4.79 Å². The Labute approximate surface area is 121 Å².